The normalized spacial score (nSPS) is 10.5. The summed E-state index contributed by atoms with van der Waals surface area (Å²) in [6.07, 6.45) is 5.57. The average Bonchev–Trinajstić information content (AvgIpc) is 2.61. The van der Waals surface area contributed by atoms with Crippen molar-refractivity contribution in [2.45, 2.75) is 38.0 Å². The van der Waals surface area contributed by atoms with Crippen molar-refractivity contribution in [3.63, 3.8) is 0 Å². The van der Waals surface area contributed by atoms with Crippen molar-refractivity contribution in [1.29, 1.82) is 0 Å². The molecule has 1 heterocycles. The van der Waals surface area contributed by atoms with Crippen LogP contribution in [0.4, 0.5) is 10.7 Å². The Bertz CT molecular complexity index is 388. The maximum atomic E-state index is 11.4. The number of nitrogens with one attached hydrogen (secondary N) is 1. The molecule has 1 aromatic heterocycles. The number of nitrogen functional groups attached to an aromatic ring is 1. The van der Waals surface area contributed by atoms with E-state index in [-0.39, 0.29) is 5.78 Å². The van der Waals surface area contributed by atoms with Gasteiger partial charge in [0, 0.05) is 13.5 Å². The number of thiophene rings is 1. The Labute approximate surface area is 111 Å². The lowest BCUT2D eigenvalue weighted by Crippen LogP contribution is -2.00. The third-order valence-electron chi connectivity index (χ3n) is 2.49. The van der Waals surface area contributed by atoms with Crippen LogP contribution in [0.3, 0.4) is 0 Å². The van der Waals surface area contributed by atoms with E-state index in [1.54, 1.807) is 18.7 Å². The number of ketones is 1. The number of carbonyl (C=O) groups excluding carboxylic acids is 1. The molecule has 0 spiro atoms. The van der Waals surface area contributed by atoms with E-state index in [1.807, 2.05) is 6.26 Å². The molecule has 17 heavy (non-hydrogen) atoms. The first-order valence-electron chi connectivity index (χ1n) is 5.82. The molecule has 0 aliphatic heterocycles. The maximum absolute atomic E-state index is 11.4. The van der Waals surface area contributed by atoms with Crippen molar-refractivity contribution in [2.24, 2.45) is 0 Å². The Morgan fingerprint density at radius 2 is 2.18 bits per heavy atom. The zero-order valence-electron chi connectivity index (χ0n) is 10.6. The summed E-state index contributed by atoms with van der Waals surface area (Å²) in [4.78, 5) is 13.1. The van der Waals surface area contributed by atoms with E-state index in [0.717, 1.165) is 22.9 Å². The quantitative estimate of drug-likeness (QED) is 0.449. The number of carbonyl (C=O) groups is 1. The lowest BCUT2D eigenvalue weighted by molar-refractivity contribution is 0.102. The Morgan fingerprint density at radius 3 is 2.71 bits per heavy atom. The average molecular weight is 272 g/mol. The van der Waals surface area contributed by atoms with Gasteiger partial charge < -0.3 is 11.1 Å². The van der Waals surface area contributed by atoms with Gasteiger partial charge in [-0.3, -0.25) is 4.79 Å². The van der Waals surface area contributed by atoms with Gasteiger partial charge in [0.25, 0.3) is 0 Å². The van der Waals surface area contributed by atoms with Crippen LogP contribution in [-0.2, 0) is 0 Å². The second-order valence-corrected chi connectivity index (χ2v) is 5.73. The van der Waals surface area contributed by atoms with Gasteiger partial charge in [-0.2, -0.15) is 0 Å². The van der Waals surface area contributed by atoms with Crippen LogP contribution in [0, 0.1) is 0 Å². The largest absolute Gasteiger partial charge is 0.396 e. The minimum atomic E-state index is 0.0457. The highest BCUT2D eigenvalue weighted by Gasteiger charge is 2.17. The summed E-state index contributed by atoms with van der Waals surface area (Å²) in [5.41, 5.74) is 6.61. The summed E-state index contributed by atoms with van der Waals surface area (Å²) >= 11 is 3.07. The van der Waals surface area contributed by atoms with Gasteiger partial charge in [0.05, 0.1) is 15.5 Å². The topological polar surface area (TPSA) is 55.1 Å². The number of nitrogens with two attached hydrogens (primary N) is 1. The smallest absolute Gasteiger partial charge is 0.171 e. The first-order chi connectivity index (χ1) is 8.11. The third-order valence-corrected chi connectivity index (χ3v) is 4.71. The summed E-state index contributed by atoms with van der Waals surface area (Å²) in [5, 5.41) is 4.42. The van der Waals surface area contributed by atoms with E-state index in [2.05, 4.69) is 12.2 Å². The Balaban J connectivity index is 2.77. The van der Waals surface area contributed by atoms with Gasteiger partial charge in [0.15, 0.2) is 5.78 Å². The zero-order valence-corrected chi connectivity index (χ0v) is 12.3. The number of Topliss-reactive ketones (excluding diaryl/α,β-unsaturated/α-hetero) is 1. The van der Waals surface area contributed by atoms with Crippen LogP contribution in [0.5, 0.6) is 0 Å². The van der Waals surface area contributed by atoms with Gasteiger partial charge >= 0.3 is 0 Å². The van der Waals surface area contributed by atoms with Crippen molar-refractivity contribution in [2.75, 3.05) is 23.9 Å². The van der Waals surface area contributed by atoms with Crippen molar-refractivity contribution >= 4 is 39.6 Å². The van der Waals surface area contributed by atoms with Crippen molar-refractivity contribution < 1.29 is 4.79 Å². The molecule has 0 aliphatic carbocycles. The van der Waals surface area contributed by atoms with Crippen LogP contribution in [0.25, 0.3) is 0 Å². The fraction of sp³-hybridized carbons (Fsp3) is 0.583. The lowest BCUT2D eigenvalue weighted by Gasteiger charge is -2.05. The molecule has 3 N–H and O–H groups in total. The van der Waals surface area contributed by atoms with Crippen molar-refractivity contribution in [3.05, 3.63) is 4.88 Å². The number of anilines is 2. The van der Waals surface area contributed by atoms with Gasteiger partial charge in [-0.15, -0.1) is 23.1 Å². The first kappa shape index (κ1) is 14.4. The van der Waals surface area contributed by atoms with E-state index in [9.17, 15) is 4.79 Å². The number of hydrogen-bond donors (Lipinski definition) is 2. The molecule has 3 nitrogen and oxygen atoms in total. The molecular weight excluding hydrogens is 252 g/mol. The number of hydrogen-bond acceptors (Lipinski definition) is 5. The van der Waals surface area contributed by atoms with E-state index in [1.165, 1.54) is 24.2 Å². The minimum Gasteiger partial charge on any atom is -0.396 e. The molecule has 0 unspecified atom stereocenters. The van der Waals surface area contributed by atoms with Crippen LogP contribution in [0.2, 0.25) is 0 Å². The highest BCUT2D eigenvalue weighted by molar-refractivity contribution is 7.99. The fourth-order valence-corrected chi connectivity index (χ4v) is 3.54. The van der Waals surface area contributed by atoms with Gasteiger partial charge in [0.2, 0.25) is 0 Å². The molecule has 0 aliphatic rings. The van der Waals surface area contributed by atoms with Gasteiger partial charge in [-0.1, -0.05) is 19.8 Å². The number of rotatable bonds is 7. The summed E-state index contributed by atoms with van der Waals surface area (Å²) in [6, 6.07) is 0. The molecule has 0 aromatic carbocycles. The standard InChI is InChI=1S/C12H20N2OS2/c1-4-5-6-7-14-12-11(16-3)9(13)10(17-12)8(2)15/h14H,4-7,13H2,1-3H3. The molecule has 0 saturated carbocycles. The summed E-state index contributed by atoms with van der Waals surface area (Å²) in [5.74, 6) is 0.0457. The van der Waals surface area contributed by atoms with E-state index >= 15 is 0 Å². The first-order valence-corrected chi connectivity index (χ1v) is 7.87. The van der Waals surface area contributed by atoms with Crippen LogP contribution in [0.1, 0.15) is 42.8 Å². The zero-order chi connectivity index (χ0) is 12.8. The van der Waals surface area contributed by atoms with Crippen LogP contribution < -0.4 is 11.1 Å². The second kappa shape index (κ2) is 6.91. The van der Waals surface area contributed by atoms with Gasteiger partial charge in [-0.25, -0.2) is 0 Å². The monoisotopic (exact) mass is 272 g/mol. The highest BCUT2D eigenvalue weighted by Crippen LogP contribution is 2.41. The maximum Gasteiger partial charge on any atom is 0.171 e. The Morgan fingerprint density at radius 1 is 1.47 bits per heavy atom. The van der Waals surface area contributed by atoms with Crippen LogP contribution in [0.15, 0.2) is 4.90 Å². The molecule has 5 heteroatoms. The third kappa shape index (κ3) is 3.64. The van der Waals surface area contributed by atoms with Gasteiger partial charge in [0.1, 0.15) is 5.00 Å². The molecule has 0 saturated heterocycles. The molecule has 0 atom stereocenters. The molecule has 0 radical (unpaired) electrons. The molecule has 0 bridgehead atoms. The van der Waals surface area contributed by atoms with E-state index < -0.39 is 0 Å². The van der Waals surface area contributed by atoms with E-state index in [4.69, 9.17) is 5.73 Å². The summed E-state index contributed by atoms with van der Waals surface area (Å²) in [6.45, 7) is 4.69. The van der Waals surface area contributed by atoms with Crippen molar-refractivity contribution in [1.82, 2.24) is 0 Å². The van der Waals surface area contributed by atoms with Crippen LogP contribution >= 0.6 is 23.1 Å². The minimum absolute atomic E-state index is 0.0457. The van der Waals surface area contributed by atoms with Crippen LogP contribution in [-0.4, -0.2) is 18.6 Å². The molecule has 1 rings (SSSR count). The molecule has 0 fully saturated rings. The molecule has 96 valence electrons. The summed E-state index contributed by atoms with van der Waals surface area (Å²) < 4.78 is 0. The predicted molar refractivity (Wildman–Crippen MR) is 78.5 cm³/mol. The number of thioether (sulfide) groups is 1. The predicted octanol–water partition coefficient (Wildman–Crippen LogP) is 3.86. The fourth-order valence-electron chi connectivity index (χ4n) is 1.59. The molecular formula is C12H20N2OS2. The SMILES string of the molecule is CCCCCNc1sc(C(C)=O)c(N)c1SC. The molecule has 1 aromatic rings. The summed E-state index contributed by atoms with van der Waals surface area (Å²) in [7, 11) is 0. The highest BCUT2D eigenvalue weighted by atomic mass is 32.2. The second-order valence-electron chi connectivity index (χ2n) is 3.90. The van der Waals surface area contributed by atoms with E-state index in [0.29, 0.717) is 10.6 Å². The number of unbranched alkanes of at least 4 members (excludes halogenated alkanes) is 2. The molecule has 0 amide bonds. The van der Waals surface area contributed by atoms with Crippen molar-refractivity contribution in [3.8, 4) is 0 Å². The Hall–Kier alpha value is -0.680. The lowest BCUT2D eigenvalue weighted by atomic mass is 10.2. The Kier molecular flexibility index (Phi) is 5.85. The van der Waals surface area contributed by atoms with Gasteiger partial charge in [-0.05, 0) is 12.7 Å².